The van der Waals surface area contributed by atoms with Gasteiger partial charge in [0.05, 0.1) is 6.04 Å². The molecule has 0 spiro atoms. The number of benzene rings is 3. The third-order valence-corrected chi connectivity index (χ3v) is 5.08. The Balaban J connectivity index is 1.91. The number of carbonyl (C=O) groups excluding carboxylic acids is 1. The van der Waals surface area contributed by atoms with Crippen LogP contribution in [0.25, 0.3) is 5.69 Å². The summed E-state index contributed by atoms with van der Waals surface area (Å²) in [5.74, 6) is -2.18. The minimum absolute atomic E-state index is 0.215. The fraction of sp³-hybridized carbons (Fsp3) is 0.0833. The Labute approximate surface area is 186 Å². The SMILES string of the molecule is C[C@H](c1ccccc1)n1c(=O)c(C(=O)Nc2ccc(F)cc2)nn(-c2ccccc2F)c1=O. The van der Waals surface area contributed by atoms with E-state index in [1.807, 2.05) is 0 Å². The highest BCUT2D eigenvalue weighted by atomic mass is 19.1. The van der Waals surface area contributed by atoms with Crippen LogP contribution in [0, 0.1) is 11.6 Å². The molecule has 0 saturated heterocycles. The molecule has 7 nitrogen and oxygen atoms in total. The van der Waals surface area contributed by atoms with Crippen molar-refractivity contribution in [3.8, 4) is 5.69 Å². The third kappa shape index (κ3) is 4.33. The van der Waals surface area contributed by atoms with E-state index in [9.17, 15) is 23.2 Å². The highest BCUT2D eigenvalue weighted by Gasteiger charge is 2.24. The topological polar surface area (TPSA) is 86.0 Å². The summed E-state index contributed by atoms with van der Waals surface area (Å²) in [5.41, 5.74) is -1.83. The van der Waals surface area contributed by atoms with Gasteiger partial charge in [-0.05, 0) is 48.9 Å². The standard InChI is InChI=1S/C24H18F2N4O3/c1-15(16-7-3-2-4-8-16)29-23(32)21(22(31)27-18-13-11-17(25)12-14-18)28-30(24(29)33)20-10-6-5-9-19(20)26/h2-15H,1H3,(H,27,31)/t15-/m1/s1. The monoisotopic (exact) mass is 448 g/mol. The van der Waals surface area contributed by atoms with Crippen molar-refractivity contribution in [3.05, 3.63) is 123 Å². The number of nitrogens with one attached hydrogen (secondary N) is 1. The molecule has 166 valence electrons. The van der Waals surface area contributed by atoms with E-state index in [-0.39, 0.29) is 11.4 Å². The van der Waals surface area contributed by atoms with Crippen molar-refractivity contribution in [2.75, 3.05) is 5.32 Å². The van der Waals surface area contributed by atoms with E-state index in [1.165, 1.54) is 30.3 Å². The number of anilines is 1. The third-order valence-electron chi connectivity index (χ3n) is 5.08. The second-order valence-corrected chi connectivity index (χ2v) is 7.22. The van der Waals surface area contributed by atoms with Gasteiger partial charge in [-0.2, -0.15) is 9.78 Å². The molecule has 1 aromatic heterocycles. The Bertz CT molecular complexity index is 1430. The first-order valence-electron chi connectivity index (χ1n) is 9.99. The lowest BCUT2D eigenvalue weighted by atomic mass is 10.1. The Kier molecular flexibility index (Phi) is 5.95. The van der Waals surface area contributed by atoms with Crippen molar-refractivity contribution < 1.29 is 13.6 Å². The first kappa shape index (κ1) is 21.8. The lowest BCUT2D eigenvalue weighted by Crippen LogP contribution is -2.46. The smallest absolute Gasteiger partial charge is 0.320 e. The average Bonchev–Trinajstić information content (AvgIpc) is 2.82. The summed E-state index contributed by atoms with van der Waals surface area (Å²) in [5, 5.41) is 6.35. The summed E-state index contributed by atoms with van der Waals surface area (Å²) < 4.78 is 29.2. The molecular formula is C24H18F2N4O3. The Morgan fingerprint density at radius 3 is 2.21 bits per heavy atom. The minimum atomic E-state index is -0.941. The molecule has 0 fully saturated rings. The van der Waals surface area contributed by atoms with Crippen LogP contribution in [0.4, 0.5) is 14.5 Å². The van der Waals surface area contributed by atoms with Crippen molar-refractivity contribution in [1.29, 1.82) is 0 Å². The van der Waals surface area contributed by atoms with Crippen LogP contribution in [-0.2, 0) is 0 Å². The summed E-state index contributed by atoms with van der Waals surface area (Å²) in [4.78, 5) is 39.4. The maximum Gasteiger partial charge on any atom is 0.352 e. The van der Waals surface area contributed by atoms with Gasteiger partial charge in [0.1, 0.15) is 17.3 Å². The van der Waals surface area contributed by atoms with Crippen LogP contribution in [0.5, 0.6) is 0 Å². The fourth-order valence-electron chi connectivity index (χ4n) is 3.36. The van der Waals surface area contributed by atoms with Gasteiger partial charge in [0.2, 0.25) is 5.69 Å². The highest BCUT2D eigenvalue weighted by Crippen LogP contribution is 2.16. The Morgan fingerprint density at radius 1 is 0.909 bits per heavy atom. The first-order chi connectivity index (χ1) is 15.9. The molecule has 1 heterocycles. The number of rotatable bonds is 5. The molecule has 3 aromatic carbocycles. The Hall–Kier alpha value is -4.40. The molecule has 0 unspecified atom stereocenters. The Morgan fingerprint density at radius 2 is 1.55 bits per heavy atom. The molecule has 9 heteroatoms. The minimum Gasteiger partial charge on any atom is -0.320 e. The molecule has 0 bridgehead atoms. The predicted octanol–water partition coefficient (Wildman–Crippen LogP) is 3.53. The van der Waals surface area contributed by atoms with Gasteiger partial charge in [-0.3, -0.25) is 9.59 Å². The molecule has 0 radical (unpaired) electrons. The van der Waals surface area contributed by atoms with E-state index in [4.69, 9.17) is 0 Å². The zero-order valence-corrected chi connectivity index (χ0v) is 17.4. The van der Waals surface area contributed by atoms with Crippen molar-refractivity contribution in [1.82, 2.24) is 14.3 Å². The van der Waals surface area contributed by atoms with E-state index in [0.717, 1.165) is 22.8 Å². The van der Waals surface area contributed by atoms with E-state index in [0.29, 0.717) is 10.2 Å². The number of aromatic nitrogens is 3. The quantitative estimate of drug-likeness (QED) is 0.506. The van der Waals surface area contributed by atoms with Crippen molar-refractivity contribution in [3.63, 3.8) is 0 Å². The summed E-state index contributed by atoms with van der Waals surface area (Å²) >= 11 is 0. The van der Waals surface area contributed by atoms with Crippen LogP contribution >= 0.6 is 0 Å². The van der Waals surface area contributed by atoms with Crippen LogP contribution < -0.4 is 16.6 Å². The van der Waals surface area contributed by atoms with Gasteiger partial charge in [-0.1, -0.05) is 42.5 Å². The molecule has 0 aliphatic carbocycles. The highest BCUT2D eigenvalue weighted by molar-refractivity contribution is 6.02. The predicted molar refractivity (Wildman–Crippen MR) is 119 cm³/mol. The van der Waals surface area contributed by atoms with Gasteiger partial charge < -0.3 is 5.32 Å². The molecule has 33 heavy (non-hydrogen) atoms. The first-order valence-corrected chi connectivity index (χ1v) is 9.99. The molecule has 0 aliphatic heterocycles. The maximum absolute atomic E-state index is 14.5. The van der Waals surface area contributed by atoms with Gasteiger partial charge in [-0.15, -0.1) is 0 Å². The number of hydrogen-bond donors (Lipinski definition) is 1. The normalized spacial score (nSPS) is 11.7. The number of hydrogen-bond acceptors (Lipinski definition) is 4. The van der Waals surface area contributed by atoms with Crippen molar-refractivity contribution >= 4 is 11.6 Å². The zero-order chi connectivity index (χ0) is 23.5. The van der Waals surface area contributed by atoms with Crippen LogP contribution in [0.3, 0.4) is 0 Å². The summed E-state index contributed by atoms with van der Waals surface area (Å²) in [6, 6.07) is 18.2. The second-order valence-electron chi connectivity index (χ2n) is 7.22. The van der Waals surface area contributed by atoms with E-state index in [2.05, 4.69) is 10.4 Å². The molecule has 0 saturated carbocycles. The van der Waals surface area contributed by atoms with Crippen LogP contribution in [0.1, 0.15) is 29.0 Å². The van der Waals surface area contributed by atoms with Gasteiger partial charge >= 0.3 is 5.69 Å². The van der Waals surface area contributed by atoms with E-state index in [1.54, 1.807) is 37.3 Å². The lowest BCUT2D eigenvalue weighted by Gasteiger charge is -2.18. The summed E-state index contributed by atoms with van der Waals surface area (Å²) in [6.07, 6.45) is 0. The van der Waals surface area contributed by atoms with Crippen LogP contribution in [0.15, 0.2) is 88.5 Å². The molecular weight excluding hydrogens is 430 g/mol. The second kappa shape index (κ2) is 8.99. The molecule has 4 rings (SSSR count). The number of nitrogens with zero attached hydrogens (tertiary/aromatic N) is 3. The lowest BCUT2D eigenvalue weighted by molar-refractivity contribution is 0.101. The number of para-hydroxylation sites is 1. The van der Waals surface area contributed by atoms with Gasteiger partial charge in [0.25, 0.3) is 11.5 Å². The molecule has 1 N–H and O–H groups in total. The summed E-state index contributed by atoms with van der Waals surface area (Å²) in [6.45, 7) is 1.62. The molecule has 1 atom stereocenters. The van der Waals surface area contributed by atoms with Crippen molar-refractivity contribution in [2.24, 2.45) is 0 Å². The summed E-state index contributed by atoms with van der Waals surface area (Å²) in [7, 11) is 0. The largest absolute Gasteiger partial charge is 0.352 e. The zero-order valence-electron chi connectivity index (χ0n) is 17.4. The fourth-order valence-corrected chi connectivity index (χ4v) is 3.36. The van der Waals surface area contributed by atoms with E-state index < -0.39 is 40.5 Å². The van der Waals surface area contributed by atoms with Crippen molar-refractivity contribution in [2.45, 2.75) is 13.0 Å². The number of carbonyl (C=O) groups is 1. The number of halogens is 2. The van der Waals surface area contributed by atoms with Crippen LogP contribution in [-0.4, -0.2) is 20.3 Å². The van der Waals surface area contributed by atoms with Gasteiger partial charge in [0.15, 0.2) is 0 Å². The maximum atomic E-state index is 14.5. The van der Waals surface area contributed by atoms with Gasteiger partial charge in [-0.25, -0.2) is 18.1 Å². The average molecular weight is 448 g/mol. The molecule has 0 aliphatic rings. The molecule has 4 aromatic rings. The number of amides is 1. The van der Waals surface area contributed by atoms with E-state index >= 15 is 0 Å². The molecule has 1 amide bonds. The van der Waals surface area contributed by atoms with Gasteiger partial charge in [0, 0.05) is 5.69 Å². The van der Waals surface area contributed by atoms with Crippen LogP contribution in [0.2, 0.25) is 0 Å².